The van der Waals surface area contributed by atoms with Gasteiger partial charge < -0.3 is 19.4 Å². The standard InChI is InChI=1S/C32H47N5O2/c1-33-16-8-17-37(20-19-33)32(38)14-13-28-26-34(25-27-9-4-3-5-10-27)18-15-29(28)35-21-23-36(24-22-35)30-11-6-7-12-31(30)39-2/h3-7,9-12,28-29H,8,13-26H2,1-2H3/t28-,29+/m0/s1. The van der Waals surface area contributed by atoms with Crippen LogP contribution in [0, 0.1) is 5.92 Å². The highest BCUT2D eigenvalue weighted by Crippen LogP contribution is 2.32. The molecule has 0 aromatic heterocycles. The second-order valence-electron chi connectivity index (χ2n) is 11.6. The van der Waals surface area contributed by atoms with Crippen molar-refractivity contribution in [3.63, 3.8) is 0 Å². The molecule has 212 valence electrons. The number of anilines is 1. The minimum atomic E-state index is 0.352. The average Bonchev–Trinajstić information content (AvgIpc) is 3.21. The van der Waals surface area contributed by atoms with Crippen molar-refractivity contribution >= 4 is 11.6 Å². The summed E-state index contributed by atoms with van der Waals surface area (Å²) in [7, 11) is 3.92. The Morgan fingerprint density at radius 3 is 2.44 bits per heavy atom. The number of hydrogen-bond donors (Lipinski definition) is 0. The molecule has 2 aromatic carbocycles. The Kier molecular flexibility index (Phi) is 9.77. The van der Waals surface area contributed by atoms with Crippen molar-refractivity contribution in [3.05, 3.63) is 60.2 Å². The van der Waals surface area contributed by atoms with E-state index in [1.807, 2.05) is 6.07 Å². The van der Waals surface area contributed by atoms with Gasteiger partial charge in [0.15, 0.2) is 0 Å². The third-order valence-corrected chi connectivity index (χ3v) is 9.04. The van der Waals surface area contributed by atoms with Crippen molar-refractivity contribution in [3.8, 4) is 5.75 Å². The topological polar surface area (TPSA) is 42.5 Å². The number of piperazine rings is 1. The van der Waals surface area contributed by atoms with Gasteiger partial charge in [0.25, 0.3) is 0 Å². The molecule has 3 heterocycles. The molecule has 2 atom stereocenters. The van der Waals surface area contributed by atoms with Gasteiger partial charge in [-0.15, -0.1) is 0 Å². The van der Waals surface area contributed by atoms with E-state index in [1.54, 1.807) is 7.11 Å². The molecular formula is C32H47N5O2. The first-order valence-corrected chi connectivity index (χ1v) is 15.0. The van der Waals surface area contributed by atoms with E-state index in [1.165, 1.54) is 17.7 Å². The summed E-state index contributed by atoms with van der Waals surface area (Å²) in [6, 6.07) is 19.7. The first kappa shape index (κ1) is 27.9. The third kappa shape index (κ3) is 7.33. The Morgan fingerprint density at radius 1 is 0.872 bits per heavy atom. The van der Waals surface area contributed by atoms with Crippen LogP contribution in [0.15, 0.2) is 54.6 Å². The van der Waals surface area contributed by atoms with Crippen molar-refractivity contribution < 1.29 is 9.53 Å². The second-order valence-corrected chi connectivity index (χ2v) is 11.6. The summed E-state index contributed by atoms with van der Waals surface area (Å²) in [5.74, 6) is 1.82. The van der Waals surface area contributed by atoms with Crippen molar-refractivity contribution in [1.29, 1.82) is 0 Å². The van der Waals surface area contributed by atoms with Gasteiger partial charge in [0, 0.05) is 71.4 Å². The molecule has 1 amide bonds. The van der Waals surface area contributed by atoms with Crippen LogP contribution in [0.3, 0.4) is 0 Å². The van der Waals surface area contributed by atoms with E-state index in [4.69, 9.17) is 4.74 Å². The summed E-state index contributed by atoms with van der Waals surface area (Å²) in [6.45, 7) is 11.2. The fourth-order valence-corrected chi connectivity index (χ4v) is 6.79. The van der Waals surface area contributed by atoms with Crippen molar-refractivity contribution in [2.24, 2.45) is 5.92 Å². The normalized spacial score (nSPS) is 23.9. The van der Waals surface area contributed by atoms with Crippen LogP contribution in [0.2, 0.25) is 0 Å². The predicted octanol–water partition coefficient (Wildman–Crippen LogP) is 3.65. The molecule has 7 heteroatoms. The first-order valence-electron chi connectivity index (χ1n) is 15.0. The Balaban J connectivity index is 1.22. The lowest BCUT2D eigenvalue weighted by Crippen LogP contribution is -2.56. The van der Waals surface area contributed by atoms with Crippen LogP contribution in [0.25, 0.3) is 0 Å². The Labute approximate surface area is 235 Å². The highest BCUT2D eigenvalue weighted by Gasteiger charge is 2.35. The van der Waals surface area contributed by atoms with Crippen LogP contribution < -0.4 is 9.64 Å². The molecule has 7 nitrogen and oxygen atoms in total. The monoisotopic (exact) mass is 533 g/mol. The maximum atomic E-state index is 13.3. The fourth-order valence-electron chi connectivity index (χ4n) is 6.79. The SMILES string of the molecule is COc1ccccc1N1CCN([C@@H]2CCN(Cc3ccccc3)C[C@@H]2CCC(=O)N2CCCN(C)CC2)CC1. The van der Waals surface area contributed by atoms with Gasteiger partial charge in [-0.2, -0.15) is 0 Å². The largest absolute Gasteiger partial charge is 0.495 e. The lowest BCUT2D eigenvalue weighted by atomic mass is 9.86. The molecule has 0 radical (unpaired) electrons. The Morgan fingerprint density at radius 2 is 1.64 bits per heavy atom. The molecule has 0 aliphatic carbocycles. The van der Waals surface area contributed by atoms with E-state index >= 15 is 0 Å². The summed E-state index contributed by atoms with van der Waals surface area (Å²) in [6.07, 6.45) is 3.91. The molecule has 0 bridgehead atoms. The minimum absolute atomic E-state index is 0.352. The van der Waals surface area contributed by atoms with Gasteiger partial charge in [-0.25, -0.2) is 0 Å². The number of piperidine rings is 1. The number of likely N-dealkylation sites (tertiary alicyclic amines) is 1. The molecule has 0 saturated carbocycles. The Hall–Kier alpha value is -2.61. The van der Waals surface area contributed by atoms with Crippen molar-refractivity contribution in [2.75, 3.05) is 84.5 Å². The fraction of sp³-hybridized carbons (Fsp3) is 0.594. The summed E-state index contributed by atoms with van der Waals surface area (Å²) >= 11 is 0. The van der Waals surface area contributed by atoms with Crippen LogP contribution in [-0.4, -0.2) is 111 Å². The highest BCUT2D eigenvalue weighted by atomic mass is 16.5. The molecule has 3 aliphatic heterocycles. The van der Waals surface area contributed by atoms with Gasteiger partial charge in [-0.1, -0.05) is 42.5 Å². The zero-order valence-corrected chi connectivity index (χ0v) is 24.0. The number of hydrogen-bond acceptors (Lipinski definition) is 6. The maximum absolute atomic E-state index is 13.3. The lowest BCUT2D eigenvalue weighted by Gasteiger charge is -2.47. The minimum Gasteiger partial charge on any atom is -0.495 e. The predicted molar refractivity (Wildman–Crippen MR) is 158 cm³/mol. The summed E-state index contributed by atoms with van der Waals surface area (Å²) < 4.78 is 5.64. The van der Waals surface area contributed by atoms with E-state index in [0.29, 0.717) is 24.3 Å². The maximum Gasteiger partial charge on any atom is 0.222 e. The van der Waals surface area contributed by atoms with E-state index < -0.39 is 0 Å². The number of para-hydroxylation sites is 2. The molecule has 0 unspecified atom stereocenters. The molecule has 3 saturated heterocycles. The number of benzene rings is 2. The molecule has 5 rings (SSSR count). The van der Waals surface area contributed by atoms with Gasteiger partial charge in [-0.3, -0.25) is 14.6 Å². The van der Waals surface area contributed by atoms with Crippen LogP contribution >= 0.6 is 0 Å². The van der Waals surface area contributed by atoms with Crippen molar-refractivity contribution in [2.45, 2.75) is 38.3 Å². The zero-order valence-electron chi connectivity index (χ0n) is 24.0. The van der Waals surface area contributed by atoms with E-state index in [0.717, 1.165) is 90.6 Å². The van der Waals surface area contributed by atoms with Gasteiger partial charge >= 0.3 is 0 Å². The number of carbonyl (C=O) groups excluding carboxylic acids is 1. The molecule has 2 aromatic rings. The van der Waals surface area contributed by atoms with Crippen molar-refractivity contribution in [1.82, 2.24) is 19.6 Å². The lowest BCUT2D eigenvalue weighted by molar-refractivity contribution is -0.131. The molecule has 0 N–H and O–H groups in total. The number of nitrogens with zero attached hydrogens (tertiary/aromatic N) is 5. The van der Waals surface area contributed by atoms with Crippen LogP contribution in [0.5, 0.6) is 5.75 Å². The number of rotatable bonds is 8. The van der Waals surface area contributed by atoms with E-state index in [9.17, 15) is 4.79 Å². The molecule has 0 spiro atoms. The third-order valence-electron chi connectivity index (χ3n) is 9.04. The molecular weight excluding hydrogens is 486 g/mol. The number of methoxy groups -OCH3 is 1. The number of carbonyl (C=O) groups is 1. The van der Waals surface area contributed by atoms with E-state index in [2.05, 4.69) is 80.1 Å². The number of ether oxygens (including phenoxy) is 1. The van der Waals surface area contributed by atoms with Gasteiger partial charge in [-0.05, 0) is 63.0 Å². The number of amides is 1. The quantitative estimate of drug-likeness (QED) is 0.516. The van der Waals surface area contributed by atoms with E-state index in [-0.39, 0.29) is 0 Å². The highest BCUT2D eigenvalue weighted by molar-refractivity contribution is 5.76. The molecule has 39 heavy (non-hydrogen) atoms. The molecule has 3 fully saturated rings. The van der Waals surface area contributed by atoms with Gasteiger partial charge in [0.1, 0.15) is 5.75 Å². The summed E-state index contributed by atoms with van der Waals surface area (Å²) in [5, 5.41) is 0. The first-order chi connectivity index (χ1) is 19.1. The van der Waals surface area contributed by atoms with Gasteiger partial charge in [0.2, 0.25) is 5.91 Å². The smallest absolute Gasteiger partial charge is 0.222 e. The van der Waals surface area contributed by atoms with Gasteiger partial charge in [0.05, 0.1) is 12.8 Å². The average molecular weight is 534 g/mol. The van der Waals surface area contributed by atoms with Crippen LogP contribution in [-0.2, 0) is 11.3 Å². The van der Waals surface area contributed by atoms with Crippen LogP contribution in [0.4, 0.5) is 5.69 Å². The number of likely N-dealkylation sites (N-methyl/N-ethyl adjacent to an activating group) is 1. The Bertz CT molecular complexity index is 1040. The second kappa shape index (κ2) is 13.6. The summed E-state index contributed by atoms with van der Waals surface area (Å²) in [5.41, 5.74) is 2.58. The zero-order chi connectivity index (χ0) is 27.0. The van der Waals surface area contributed by atoms with Crippen LogP contribution in [0.1, 0.15) is 31.2 Å². The molecule has 3 aliphatic rings. The summed E-state index contributed by atoms with van der Waals surface area (Å²) in [4.78, 5) is 25.6.